The molecule has 7 heteroatoms. The molecule has 0 unspecified atom stereocenters. The van der Waals surface area contributed by atoms with Gasteiger partial charge >= 0.3 is 6.03 Å². The topological polar surface area (TPSA) is 83.3 Å². The van der Waals surface area contributed by atoms with E-state index in [2.05, 4.69) is 39.5 Å². The molecule has 2 amide bonds. The fourth-order valence-electron chi connectivity index (χ4n) is 3.88. The average molecular weight is 364 g/mol. The van der Waals surface area contributed by atoms with Crippen LogP contribution in [0.2, 0.25) is 0 Å². The highest BCUT2D eigenvalue weighted by molar-refractivity contribution is 5.74. The van der Waals surface area contributed by atoms with Gasteiger partial charge < -0.3 is 15.2 Å². The van der Waals surface area contributed by atoms with Crippen molar-refractivity contribution in [3.63, 3.8) is 0 Å². The van der Waals surface area contributed by atoms with E-state index in [1.165, 1.54) is 19.3 Å². The van der Waals surface area contributed by atoms with Crippen LogP contribution in [0.3, 0.4) is 0 Å². The second kappa shape index (κ2) is 9.35. The molecular weight excluding hydrogens is 330 g/mol. The molecule has 7 nitrogen and oxygen atoms in total. The van der Waals surface area contributed by atoms with Gasteiger partial charge in [-0.2, -0.15) is 4.98 Å². The Labute approximate surface area is 156 Å². The van der Waals surface area contributed by atoms with E-state index in [-0.39, 0.29) is 12.1 Å². The van der Waals surface area contributed by atoms with Crippen LogP contribution in [0.1, 0.15) is 70.5 Å². The fraction of sp³-hybridized carbons (Fsp3) is 0.842. The van der Waals surface area contributed by atoms with Crippen LogP contribution in [0.4, 0.5) is 4.79 Å². The Kier molecular flexibility index (Phi) is 6.88. The minimum Gasteiger partial charge on any atom is -0.339 e. The summed E-state index contributed by atoms with van der Waals surface area (Å²) in [5, 5.41) is 10.4. The van der Waals surface area contributed by atoms with Crippen molar-refractivity contribution in [2.75, 3.05) is 13.1 Å². The van der Waals surface area contributed by atoms with Gasteiger partial charge in [-0.15, -0.1) is 0 Å². The zero-order chi connectivity index (χ0) is 18.4. The highest BCUT2D eigenvalue weighted by Gasteiger charge is 2.23. The molecule has 0 radical (unpaired) electrons. The molecule has 1 aliphatic heterocycles. The van der Waals surface area contributed by atoms with Crippen LogP contribution < -0.4 is 10.6 Å². The number of carbonyl (C=O) groups is 1. The molecule has 0 atom stereocenters. The molecule has 0 aromatic carbocycles. The quantitative estimate of drug-likeness (QED) is 0.812. The maximum Gasteiger partial charge on any atom is 0.315 e. The Balaban J connectivity index is 1.35. The number of likely N-dealkylation sites (tertiary alicyclic amines) is 1. The van der Waals surface area contributed by atoms with Gasteiger partial charge in [-0.25, -0.2) is 4.79 Å². The van der Waals surface area contributed by atoms with Gasteiger partial charge in [0.05, 0.1) is 6.54 Å². The molecule has 3 rings (SSSR count). The molecule has 2 N–H and O–H groups in total. The Hall–Kier alpha value is -1.63. The van der Waals surface area contributed by atoms with Crippen LogP contribution in [0.5, 0.6) is 0 Å². The van der Waals surface area contributed by atoms with E-state index >= 15 is 0 Å². The molecule has 26 heavy (non-hydrogen) atoms. The largest absolute Gasteiger partial charge is 0.339 e. The second-order valence-electron chi connectivity index (χ2n) is 8.21. The lowest BCUT2D eigenvalue weighted by Crippen LogP contribution is -2.50. The minimum absolute atomic E-state index is 0.00634. The van der Waals surface area contributed by atoms with Crippen molar-refractivity contribution >= 4 is 6.03 Å². The third kappa shape index (κ3) is 5.97. The van der Waals surface area contributed by atoms with Gasteiger partial charge in [0.15, 0.2) is 5.82 Å². The maximum absolute atomic E-state index is 12.2. The number of urea groups is 1. The molecule has 146 valence electrons. The monoisotopic (exact) mass is 363 g/mol. The lowest BCUT2D eigenvalue weighted by molar-refractivity contribution is 0.180. The lowest BCUT2D eigenvalue weighted by Gasteiger charge is -2.32. The standard InChI is InChI=1S/C19H33N5O2/c1-14(2)12-18-22-17(23-26-18)13-24-10-8-16(9-11-24)21-19(25)20-15-6-4-3-5-7-15/h14-16H,3-13H2,1-2H3,(H2,20,21,25). The first kappa shape index (κ1) is 19.1. The average Bonchev–Trinajstić information content (AvgIpc) is 3.03. The number of hydrogen-bond acceptors (Lipinski definition) is 5. The summed E-state index contributed by atoms with van der Waals surface area (Å²) in [6.07, 6.45) is 8.78. The SMILES string of the molecule is CC(C)Cc1nc(CN2CCC(NC(=O)NC3CCCCC3)CC2)no1. The molecule has 2 aliphatic rings. The second-order valence-corrected chi connectivity index (χ2v) is 8.21. The van der Waals surface area contributed by atoms with Crippen LogP contribution in [0, 0.1) is 5.92 Å². The predicted molar refractivity (Wildman–Crippen MR) is 99.7 cm³/mol. The highest BCUT2D eigenvalue weighted by atomic mass is 16.5. The summed E-state index contributed by atoms with van der Waals surface area (Å²) in [4.78, 5) is 19.0. The number of nitrogens with one attached hydrogen (secondary N) is 2. The van der Waals surface area contributed by atoms with Crippen molar-refractivity contribution in [3.8, 4) is 0 Å². The summed E-state index contributed by atoms with van der Waals surface area (Å²) in [6.45, 7) is 6.91. The number of hydrogen-bond donors (Lipinski definition) is 2. The Bertz CT molecular complexity index is 560. The molecule has 2 heterocycles. The van der Waals surface area contributed by atoms with Crippen molar-refractivity contribution in [3.05, 3.63) is 11.7 Å². The smallest absolute Gasteiger partial charge is 0.315 e. The van der Waals surface area contributed by atoms with E-state index in [1.807, 2.05) is 0 Å². The third-order valence-electron chi connectivity index (χ3n) is 5.32. The van der Waals surface area contributed by atoms with Crippen LogP contribution >= 0.6 is 0 Å². The Morgan fingerprint density at radius 3 is 2.42 bits per heavy atom. The molecular formula is C19H33N5O2. The lowest BCUT2D eigenvalue weighted by atomic mass is 9.96. The van der Waals surface area contributed by atoms with E-state index in [4.69, 9.17) is 4.52 Å². The summed E-state index contributed by atoms with van der Waals surface area (Å²) in [6, 6.07) is 0.630. The van der Waals surface area contributed by atoms with Crippen molar-refractivity contribution in [1.82, 2.24) is 25.7 Å². The fourth-order valence-corrected chi connectivity index (χ4v) is 3.88. The van der Waals surface area contributed by atoms with Gasteiger partial charge in [-0.05, 0) is 31.6 Å². The zero-order valence-electron chi connectivity index (χ0n) is 16.2. The molecule has 0 spiro atoms. The summed E-state index contributed by atoms with van der Waals surface area (Å²) >= 11 is 0. The molecule has 2 fully saturated rings. The molecule has 1 aliphatic carbocycles. The molecule has 0 bridgehead atoms. The number of rotatable bonds is 6. The van der Waals surface area contributed by atoms with Crippen molar-refractivity contribution in [1.29, 1.82) is 0 Å². The van der Waals surface area contributed by atoms with Gasteiger partial charge in [0.2, 0.25) is 5.89 Å². The Morgan fingerprint density at radius 1 is 1.12 bits per heavy atom. The van der Waals surface area contributed by atoms with Gasteiger partial charge in [0.25, 0.3) is 0 Å². The molecule has 1 saturated carbocycles. The summed E-state index contributed by atoms with van der Waals surface area (Å²) in [7, 11) is 0. The molecule has 1 saturated heterocycles. The van der Waals surface area contributed by atoms with E-state index in [0.717, 1.165) is 63.5 Å². The normalized spacial score (nSPS) is 20.4. The van der Waals surface area contributed by atoms with Crippen LogP contribution in [0.25, 0.3) is 0 Å². The van der Waals surface area contributed by atoms with Gasteiger partial charge in [0, 0.05) is 31.6 Å². The molecule has 1 aromatic heterocycles. The Morgan fingerprint density at radius 2 is 1.77 bits per heavy atom. The number of carbonyl (C=O) groups excluding carboxylic acids is 1. The van der Waals surface area contributed by atoms with Gasteiger partial charge in [0.1, 0.15) is 0 Å². The van der Waals surface area contributed by atoms with E-state index < -0.39 is 0 Å². The first-order valence-corrected chi connectivity index (χ1v) is 10.2. The van der Waals surface area contributed by atoms with Crippen molar-refractivity contribution in [2.24, 2.45) is 5.92 Å². The zero-order valence-corrected chi connectivity index (χ0v) is 16.2. The summed E-state index contributed by atoms with van der Waals surface area (Å²) in [5.74, 6) is 2.01. The number of nitrogens with zero attached hydrogens (tertiary/aromatic N) is 3. The van der Waals surface area contributed by atoms with Crippen LogP contribution in [-0.4, -0.2) is 46.2 Å². The van der Waals surface area contributed by atoms with Crippen molar-refractivity contribution < 1.29 is 9.32 Å². The molecule has 1 aromatic rings. The summed E-state index contributed by atoms with van der Waals surface area (Å²) < 4.78 is 5.31. The van der Waals surface area contributed by atoms with E-state index in [1.54, 1.807) is 0 Å². The third-order valence-corrected chi connectivity index (χ3v) is 5.32. The predicted octanol–water partition coefficient (Wildman–Crippen LogP) is 2.86. The van der Waals surface area contributed by atoms with Crippen molar-refractivity contribution in [2.45, 2.75) is 83.8 Å². The van der Waals surface area contributed by atoms with E-state index in [9.17, 15) is 4.79 Å². The maximum atomic E-state index is 12.2. The van der Waals surface area contributed by atoms with Gasteiger partial charge in [-0.1, -0.05) is 38.3 Å². The first-order valence-electron chi connectivity index (χ1n) is 10.2. The minimum atomic E-state index is 0.00634. The van der Waals surface area contributed by atoms with E-state index in [0.29, 0.717) is 12.0 Å². The number of aromatic nitrogens is 2. The number of piperidine rings is 1. The highest BCUT2D eigenvalue weighted by Crippen LogP contribution is 2.18. The number of amides is 2. The first-order chi connectivity index (χ1) is 12.6. The van der Waals surface area contributed by atoms with Crippen LogP contribution in [0.15, 0.2) is 4.52 Å². The van der Waals surface area contributed by atoms with Gasteiger partial charge in [-0.3, -0.25) is 4.90 Å². The van der Waals surface area contributed by atoms with Crippen LogP contribution in [-0.2, 0) is 13.0 Å². The summed E-state index contributed by atoms with van der Waals surface area (Å²) in [5.41, 5.74) is 0.